The van der Waals surface area contributed by atoms with E-state index in [4.69, 9.17) is 0 Å². The number of likely N-dealkylation sites (tertiary alicyclic amines) is 1. The van der Waals surface area contributed by atoms with Gasteiger partial charge in [0, 0.05) is 57.4 Å². The van der Waals surface area contributed by atoms with Crippen molar-refractivity contribution in [3.8, 4) is 0 Å². The van der Waals surface area contributed by atoms with Crippen LogP contribution in [-0.2, 0) is 13.6 Å². The fraction of sp³-hybridized carbons (Fsp3) is 0.588. The van der Waals surface area contributed by atoms with Crippen LogP contribution in [0.25, 0.3) is 0 Å². The van der Waals surface area contributed by atoms with Crippen LogP contribution in [0.5, 0.6) is 0 Å². The van der Waals surface area contributed by atoms with Crippen LogP contribution in [-0.4, -0.2) is 50.8 Å². The van der Waals surface area contributed by atoms with Gasteiger partial charge in [-0.3, -0.25) is 9.58 Å². The van der Waals surface area contributed by atoms with Gasteiger partial charge in [0.25, 0.3) is 0 Å². The second-order valence-electron chi connectivity index (χ2n) is 7.02. The maximum atomic E-state index is 4.39. The molecule has 0 atom stereocenters. The molecule has 122 valence electrons. The fourth-order valence-corrected chi connectivity index (χ4v) is 4.02. The zero-order valence-corrected chi connectivity index (χ0v) is 13.7. The van der Waals surface area contributed by atoms with Gasteiger partial charge in [-0.05, 0) is 37.3 Å². The van der Waals surface area contributed by atoms with Crippen molar-refractivity contribution in [2.24, 2.45) is 12.5 Å². The third-order valence-corrected chi connectivity index (χ3v) is 5.34. The minimum Gasteiger partial charge on any atom is -0.341 e. The van der Waals surface area contributed by atoms with E-state index in [2.05, 4.69) is 31.1 Å². The summed E-state index contributed by atoms with van der Waals surface area (Å²) in [6.07, 6.45) is 11.6. The molecule has 0 bridgehead atoms. The molecule has 0 aliphatic carbocycles. The predicted molar refractivity (Wildman–Crippen MR) is 89.0 cm³/mol. The van der Waals surface area contributed by atoms with Crippen LogP contribution in [0.1, 0.15) is 24.8 Å². The van der Waals surface area contributed by atoms with Crippen molar-refractivity contribution >= 4 is 5.95 Å². The van der Waals surface area contributed by atoms with E-state index >= 15 is 0 Å². The number of aromatic nitrogens is 4. The highest BCUT2D eigenvalue weighted by Gasteiger charge is 2.40. The lowest BCUT2D eigenvalue weighted by Crippen LogP contribution is -2.42. The van der Waals surface area contributed by atoms with E-state index in [9.17, 15) is 0 Å². The number of hydrogen-bond acceptors (Lipinski definition) is 5. The van der Waals surface area contributed by atoms with E-state index in [1.54, 1.807) is 0 Å². The van der Waals surface area contributed by atoms with Crippen molar-refractivity contribution in [1.29, 1.82) is 0 Å². The van der Waals surface area contributed by atoms with E-state index < -0.39 is 0 Å². The number of aryl methyl sites for hydroxylation is 1. The van der Waals surface area contributed by atoms with Gasteiger partial charge < -0.3 is 4.90 Å². The molecule has 23 heavy (non-hydrogen) atoms. The zero-order chi connectivity index (χ0) is 15.7. The molecule has 0 N–H and O–H groups in total. The molecular weight excluding hydrogens is 288 g/mol. The highest BCUT2D eigenvalue weighted by molar-refractivity contribution is 5.29. The molecule has 1 spiro atoms. The Balaban J connectivity index is 1.34. The van der Waals surface area contributed by atoms with Gasteiger partial charge in [-0.25, -0.2) is 9.97 Å². The first kappa shape index (κ1) is 14.6. The largest absolute Gasteiger partial charge is 0.341 e. The molecule has 6 nitrogen and oxygen atoms in total. The van der Waals surface area contributed by atoms with Gasteiger partial charge in [-0.15, -0.1) is 0 Å². The number of piperidine rings is 1. The van der Waals surface area contributed by atoms with Crippen molar-refractivity contribution < 1.29 is 0 Å². The molecule has 0 amide bonds. The molecule has 0 saturated carbocycles. The average Bonchev–Trinajstić information content (AvgIpc) is 3.16. The molecule has 6 heteroatoms. The van der Waals surface area contributed by atoms with Crippen molar-refractivity contribution in [2.75, 3.05) is 31.1 Å². The maximum Gasteiger partial charge on any atom is 0.225 e. The van der Waals surface area contributed by atoms with E-state index in [0.717, 1.165) is 25.6 Å². The normalized spacial score (nSPS) is 21.2. The summed E-state index contributed by atoms with van der Waals surface area (Å²) in [5, 5.41) is 4.28. The number of anilines is 1. The highest BCUT2D eigenvalue weighted by atomic mass is 15.3. The summed E-state index contributed by atoms with van der Waals surface area (Å²) in [5.41, 5.74) is 1.81. The van der Waals surface area contributed by atoms with E-state index in [1.165, 1.54) is 37.9 Å². The summed E-state index contributed by atoms with van der Waals surface area (Å²) in [6.45, 7) is 5.60. The van der Waals surface area contributed by atoms with Gasteiger partial charge in [-0.1, -0.05) is 0 Å². The Hall–Kier alpha value is -1.95. The van der Waals surface area contributed by atoms with Crippen molar-refractivity contribution in [3.05, 3.63) is 36.4 Å². The molecule has 2 saturated heterocycles. The van der Waals surface area contributed by atoms with Crippen molar-refractivity contribution in [2.45, 2.75) is 25.8 Å². The van der Waals surface area contributed by atoms with Crippen LogP contribution in [0.3, 0.4) is 0 Å². The first-order valence-electron chi connectivity index (χ1n) is 8.44. The molecule has 2 aliphatic rings. The third-order valence-electron chi connectivity index (χ3n) is 5.34. The van der Waals surface area contributed by atoms with Gasteiger partial charge >= 0.3 is 0 Å². The molecule has 0 unspecified atom stereocenters. The molecule has 0 aromatic carbocycles. The minimum absolute atomic E-state index is 0.494. The van der Waals surface area contributed by atoms with Gasteiger partial charge in [0.1, 0.15) is 0 Å². The number of rotatable bonds is 3. The first-order valence-corrected chi connectivity index (χ1v) is 8.44. The lowest BCUT2D eigenvalue weighted by molar-refractivity contribution is 0.205. The van der Waals surface area contributed by atoms with Crippen molar-refractivity contribution in [3.63, 3.8) is 0 Å². The van der Waals surface area contributed by atoms with Crippen LogP contribution in [0, 0.1) is 5.41 Å². The lowest BCUT2D eigenvalue weighted by Gasteiger charge is -2.39. The maximum absolute atomic E-state index is 4.39. The van der Waals surface area contributed by atoms with Crippen LogP contribution in [0.4, 0.5) is 5.95 Å². The average molecular weight is 312 g/mol. The Kier molecular flexibility index (Phi) is 3.77. The lowest BCUT2D eigenvalue weighted by atomic mass is 9.78. The van der Waals surface area contributed by atoms with Gasteiger partial charge in [-0.2, -0.15) is 5.10 Å². The summed E-state index contributed by atoms with van der Waals surface area (Å²) in [5.74, 6) is 0.882. The Morgan fingerprint density at radius 3 is 2.52 bits per heavy atom. The Morgan fingerprint density at radius 1 is 1.09 bits per heavy atom. The van der Waals surface area contributed by atoms with E-state index in [-0.39, 0.29) is 0 Å². The number of hydrogen-bond donors (Lipinski definition) is 0. The summed E-state index contributed by atoms with van der Waals surface area (Å²) in [7, 11) is 1.98. The quantitative estimate of drug-likeness (QED) is 0.863. The third kappa shape index (κ3) is 3.08. The van der Waals surface area contributed by atoms with Gasteiger partial charge in [0.15, 0.2) is 0 Å². The minimum atomic E-state index is 0.494. The Morgan fingerprint density at radius 2 is 1.83 bits per heavy atom. The summed E-state index contributed by atoms with van der Waals surface area (Å²) >= 11 is 0. The summed E-state index contributed by atoms with van der Waals surface area (Å²) in [4.78, 5) is 13.7. The second-order valence-corrected chi connectivity index (χ2v) is 7.02. The molecule has 4 heterocycles. The van der Waals surface area contributed by atoms with Crippen LogP contribution >= 0.6 is 0 Å². The smallest absolute Gasteiger partial charge is 0.225 e. The van der Waals surface area contributed by atoms with Crippen molar-refractivity contribution in [1.82, 2.24) is 24.6 Å². The van der Waals surface area contributed by atoms with Crippen LogP contribution < -0.4 is 4.90 Å². The predicted octanol–water partition coefficient (Wildman–Crippen LogP) is 1.70. The molecule has 2 aliphatic heterocycles. The van der Waals surface area contributed by atoms with Gasteiger partial charge in [0.05, 0.1) is 6.20 Å². The SMILES string of the molecule is Cn1cc(CN2CCC3(CCN(c4ncccn4)CC3)C2)cn1. The summed E-state index contributed by atoms with van der Waals surface area (Å²) in [6, 6.07) is 1.88. The molecular formula is C17H24N6. The van der Waals surface area contributed by atoms with E-state index in [1.807, 2.05) is 36.4 Å². The Labute approximate surface area is 137 Å². The molecule has 4 rings (SSSR count). The van der Waals surface area contributed by atoms with Crippen LogP contribution in [0.15, 0.2) is 30.9 Å². The molecule has 2 aromatic rings. The van der Waals surface area contributed by atoms with E-state index in [0.29, 0.717) is 5.41 Å². The summed E-state index contributed by atoms with van der Waals surface area (Å²) < 4.78 is 1.89. The second kappa shape index (κ2) is 5.92. The number of nitrogens with zero attached hydrogens (tertiary/aromatic N) is 6. The Bertz CT molecular complexity index is 644. The molecule has 2 aromatic heterocycles. The molecule has 0 radical (unpaired) electrons. The van der Waals surface area contributed by atoms with Crippen LogP contribution in [0.2, 0.25) is 0 Å². The highest BCUT2D eigenvalue weighted by Crippen LogP contribution is 2.41. The molecule has 2 fully saturated rings. The standard InChI is InChI=1S/C17H24N6/c1-21-12-15(11-20-21)13-22-8-3-17(14-22)4-9-23(10-5-17)16-18-6-2-7-19-16/h2,6-7,11-12H,3-5,8-10,13-14H2,1H3. The fourth-order valence-electron chi connectivity index (χ4n) is 4.02. The van der Waals surface area contributed by atoms with Gasteiger partial charge in [0.2, 0.25) is 5.95 Å². The zero-order valence-electron chi connectivity index (χ0n) is 13.7. The monoisotopic (exact) mass is 312 g/mol. The first-order chi connectivity index (χ1) is 11.2. The topological polar surface area (TPSA) is 50.1 Å².